The number of benzene rings is 1. The predicted octanol–water partition coefficient (Wildman–Crippen LogP) is 2.59. The lowest BCUT2D eigenvalue weighted by Gasteiger charge is -2.24. The maximum absolute atomic E-state index is 12.6. The third-order valence-electron chi connectivity index (χ3n) is 6.65. The van der Waals surface area contributed by atoms with E-state index in [1.807, 2.05) is 6.07 Å². The molecule has 0 radical (unpaired) electrons. The molecule has 1 amide bonds. The highest BCUT2D eigenvalue weighted by atomic mass is 16.5. The number of amides is 1. The Morgan fingerprint density at radius 2 is 1.91 bits per heavy atom. The number of hydrogen-bond donors (Lipinski definition) is 1. The highest BCUT2D eigenvalue weighted by Gasteiger charge is 2.24. The average Bonchev–Trinajstić information content (AvgIpc) is 3.13. The molecule has 7 nitrogen and oxygen atoms in total. The highest BCUT2D eigenvalue weighted by Crippen LogP contribution is 2.29. The maximum Gasteiger partial charge on any atom is 0.237 e. The van der Waals surface area contributed by atoms with Gasteiger partial charge >= 0.3 is 0 Å². The zero-order valence-corrected chi connectivity index (χ0v) is 20.3. The van der Waals surface area contributed by atoms with Gasteiger partial charge in [-0.1, -0.05) is 18.9 Å². The second-order valence-electron chi connectivity index (χ2n) is 9.26. The number of hydrogen-bond acceptors (Lipinski definition) is 6. The Bertz CT molecular complexity index is 714. The first-order valence-electron chi connectivity index (χ1n) is 12.3. The van der Waals surface area contributed by atoms with Gasteiger partial charge in [0.15, 0.2) is 11.5 Å². The van der Waals surface area contributed by atoms with Gasteiger partial charge in [0.1, 0.15) is 0 Å². The number of rotatable bonds is 9. The quantitative estimate of drug-likeness (QED) is 0.589. The van der Waals surface area contributed by atoms with Crippen molar-refractivity contribution < 1.29 is 14.3 Å². The first-order valence-corrected chi connectivity index (χ1v) is 12.3. The van der Waals surface area contributed by atoms with E-state index in [1.165, 1.54) is 31.4 Å². The summed E-state index contributed by atoms with van der Waals surface area (Å²) in [5.74, 6) is 1.69. The Kier molecular flexibility index (Phi) is 10.1. The molecule has 1 N–H and O–H groups in total. The van der Waals surface area contributed by atoms with Gasteiger partial charge in [0.2, 0.25) is 5.91 Å². The van der Waals surface area contributed by atoms with E-state index < -0.39 is 0 Å². The molecule has 0 saturated carbocycles. The molecular weight excluding hydrogens is 404 g/mol. The molecule has 3 rings (SSSR count). The van der Waals surface area contributed by atoms with Crippen LogP contribution < -0.4 is 14.8 Å². The Labute approximate surface area is 194 Å². The van der Waals surface area contributed by atoms with Gasteiger partial charge in [0.25, 0.3) is 0 Å². The number of nitrogens with zero attached hydrogens (tertiary/aromatic N) is 3. The number of nitrogens with one attached hydrogen (secondary N) is 1. The SMILES string of the molecule is COc1ccc(CN2CCCN(C)CC2)cc1OCCCNC(=O)C1CCCCCN1C. The van der Waals surface area contributed by atoms with Crippen molar-refractivity contribution >= 4 is 5.91 Å². The third-order valence-corrected chi connectivity index (χ3v) is 6.65. The Balaban J connectivity index is 1.44. The molecule has 2 aliphatic heterocycles. The van der Waals surface area contributed by atoms with E-state index in [2.05, 4.69) is 46.2 Å². The molecule has 0 bridgehead atoms. The summed E-state index contributed by atoms with van der Waals surface area (Å²) in [5.41, 5.74) is 1.25. The summed E-state index contributed by atoms with van der Waals surface area (Å²) in [6.07, 6.45) is 6.47. The van der Waals surface area contributed by atoms with Crippen molar-refractivity contribution in [3.63, 3.8) is 0 Å². The van der Waals surface area contributed by atoms with E-state index in [4.69, 9.17) is 9.47 Å². The van der Waals surface area contributed by atoms with Crippen LogP contribution in [0.2, 0.25) is 0 Å². The van der Waals surface area contributed by atoms with Crippen molar-refractivity contribution in [1.82, 2.24) is 20.0 Å². The van der Waals surface area contributed by atoms with Crippen LogP contribution in [0.3, 0.4) is 0 Å². The zero-order valence-electron chi connectivity index (χ0n) is 20.3. The van der Waals surface area contributed by atoms with E-state index in [1.54, 1.807) is 7.11 Å². The average molecular weight is 447 g/mol. The summed E-state index contributed by atoms with van der Waals surface area (Å²) in [6, 6.07) is 6.24. The normalized spacial score (nSPS) is 21.5. The lowest BCUT2D eigenvalue weighted by molar-refractivity contribution is -0.126. The van der Waals surface area contributed by atoms with Crippen molar-refractivity contribution in [3.05, 3.63) is 23.8 Å². The van der Waals surface area contributed by atoms with E-state index in [-0.39, 0.29) is 11.9 Å². The van der Waals surface area contributed by atoms with E-state index in [0.717, 1.165) is 63.5 Å². The highest BCUT2D eigenvalue weighted by molar-refractivity contribution is 5.81. The van der Waals surface area contributed by atoms with Crippen molar-refractivity contribution in [3.8, 4) is 11.5 Å². The zero-order chi connectivity index (χ0) is 22.8. The van der Waals surface area contributed by atoms with Crippen LogP contribution in [0, 0.1) is 0 Å². The van der Waals surface area contributed by atoms with Gasteiger partial charge in [0, 0.05) is 26.2 Å². The van der Waals surface area contributed by atoms with E-state index in [9.17, 15) is 4.79 Å². The molecule has 1 aromatic rings. The van der Waals surface area contributed by atoms with Crippen LogP contribution in [0.5, 0.6) is 11.5 Å². The smallest absolute Gasteiger partial charge is 0.237 e. The molecule has 2 fully saturated rings. The minimum absolute atomic E-state index is 0.00830. The van der Waals surface area contributed by atoms with Gasteiger partial charge in [-0.05, 0) is 77.1 Å². The van der Waals surface area contributed by atoms with Crippen molar-refractivity contribution in [2.45, 2.75) is 51.1 Å². The fourth-order valence-electron chi connectivity index (χ4n) is 4.62. The lowest BCUT2D eigenvalue weighted by Crippen LogP contribution is -2.45. The molecule has 2 aliphatic rings. The minimum atomic E-state index is 0.00830. The molecule has 7 heteroatoms. The number of carbonyl (C=O) groups is 1. The monoisotopic (exact) mass is 446 g/mol. The molecule has 1 aromatic carbocycles. The second kappa shape index (κ2) is 13.0. The molecule has 2 heterocycles. The topological polar surface area (TPSA) is 57.3 Å². The van der Waals surface area contributed by atoms with Crippen LogP contribution in [0.1, 0.15) is 44.1 Å². The molecule has 0 aromatic heterocycles. The largest absolute Gasteiger partial charge is 0.493 e. The fourth-order valence-corrected chi connectivity index (χ4v) is 4.62. The molecule has 180 valence electrons. The Hall–Kier alpha value is -1.83. The Morgan fingerprint density at radius 3 is 2.75 bits per heavy atom. The van der Waals surface area contributed by atoms with Crippen LogP contribution in [0.15, 0.2) is 18.2 Å². The summed E-state index contributed by atoms with van der Waals surface area (Å²) in [4.78, 5) is 19.7. The molecular formula is C25H42N4O3. The summed E-state index contributed by atoms with van der Waals surface area (Å²) < 4.78 is 11.6. The summed E-state index contributed by atoms with van der Waals surface area (Å²) in [6.45, 7) is 7.62. The van der Waals surface area contributed by atoms with Gasteiger partial charge in [-0.15, -0.1) is 0 Å². The van der Waals surface area contributed by atoms with Crippen LogP contribution in [0.4, 0.5) is 0 Å². The van der Waals surface area contributed by atoms with Gasteiger partial charge in [-0.3, -0.25) is 14.6 Å². The van der Waals surface area contributed by atoms with Crippen LogP contribution >= 0.6 is 0 Å². The minimum Gasteiger partial charge on any atom is -0.493 e. The molecule has 0 spiro atoms. The van der Waals surface area contributed by atoms with Crippen molar-refractivity contribution in [2.75, 3.05) is 67.1 Å². The molecule has 2 saturated heterocycles. The lowest BCUT2D eigenvalue weighted by atomic mass is 10.1. The van der Waals surface area contributed by atoms with E-state index >= 15 is 0 Å². The number of ether oxygens (including phenoxy) is 2. The molecule has 1 unspecified atom stereocenters. The van der Waals surface area contributed by atoms with Crippen LogP contribution in [0.25, 0.3) is 0 Å². The first kappa shape index (κ1) is 24.8. The molecule has 32 heavy (non-hydrogen) atoms. The van der Waals surface area contributed by atoms with Gasteiger partial charge < -0.3 is 19.7 Å². The van der Waals surface area contributed by atoms with Crippen LogP contribution in [-0.2, 0) is 11.3 Å². The maximum atomic E-state index is 12.6. The standard InChI is InChI=1S/C25H42N4O3/c1-27-13-8-15-29(17-16-27)20-21-10-11-23(31-3)24(19-21)32-18-7-12-26-25(30)22-9-5-4-6-14-28(22)2/h10-11,19,22H,4-9,12-18,20H2,1-3H3,(H,26,30). The van der Waals surface area contributed by atoms with Crippen molar-refractivity contribution in [1.29, 1.82) is 0 Å². The number of methoxy groups -OCH3 is 1. The predicted molar refractivity (Wildman–Crippen MR) is 128 cm³/mol. The number of likely N-dealkylation sites (tertiary alicyclic amines) is 1. The van der Waals surface area contributed by atoms with Crippen LogP contribution in [-0.4, -0.2) is 93.7 Å². The third kappa shape index (κ3) is 7.64. The molecule has 1 atom stereocenters. The van der Waals surface area contributed by atoms with Gasteiger partial charge in [-0.2, -0.15) is 0 Å². The van der Waals surface area contributed by atoms with Gasteiger partial charge in [0.05, 0.1) is 19.8 Å². The Morgan fingerprint density at radius 1 is 1.03 bits per heavy atom. The first-order chi connectivity index (χ1) is 15.6. The fraction of sp³-hybridized carbons (Fsp3) is 0.720. The summed E-state index contributed by atoms with van der Waals surface area (Å²) >= 11 is 0. The number of carbonyl (C=O) groups excluding carboxylic acids is 1. The second-order valence-corrected chi connectivity index (χ2v) is 9.26. The van der Waals surface area contributed by atoms with E-state index in [0.29, 0.717) is 13.2 Å². The number of likely N-dealkylation sites (N-methyl/N-ethyl adjacent to an activating group) is 2. The van der Waals surface area contributed by atoms with Crippen molar-refractivity contribution in [2.24, 2.45) is 0 Å². The van der Waals surface area contributed by atoms with Gasteiger partial charge in [-0.25, -0.2) is 0 Å². The summed E-state index contributed by atoms with van der Waals surface area (Å²) in [7, 11) is 5.93. The summed E-state index contributed by atoms with van der Waals surface area (Å²) in [5, 5.41) is 3.10. The molecule has 0 aliphatic carbocycles.